The van der Waals surface area contributed by atoms with Crippen LogP contribution < -0.4 is 9.80 Å². The van der Waals surface area contributed by atoms with Crippen molar-refractivity contribution in [3.63, 3.8) is 0 Å². The molecule has 0 radical (unpaired) electrons. The maximum Gasteiger partial charge on any atom is 0.135 e. The van der Waals surface area contributed by atoms with Gasteiger partial charge in [0, 0.05) is 64.8 Å². The van der Waals surface area contributed by atoms with E-state index in [1.807, 2.05) is 17.4 Å². The highest BCUT2D eigenvalue weighted by molar-refractivity contribution is 7.25. The molecule has 24 rings (SSSR count). The van der Waals surface area contributed by atoms with Crippen LogP contribution in [0.3, 0.4) is 0 Å². The molecule has 2 aliphatic carbocycles. The second-order valence-corrected chi connectivity index (χ2v) is 33.9. The summed E-state index contributed by atoms with van der Waals surface area (Å²) in [6.45, 7) is 0. The molecule has 2 heterocycles. The number of thiophene rings is 1. The molecule has 2 aliphatic rings. The van der Waals surface area contributed by atoms with Crippen molar-refractivity contribution in [1.82, 2.24) is 0 Å². The number of benzene rings is 20. The average Bonchev–Trinajstić information content (AvgIpc) is 1.53. The lowest BCUT2D eigenvalue weighted by Crippen LogP contribution is -2.28. The fraction of sp³-hybridized carbons (Fsp3) is 0.0164. The number of rotatable bonds is 16. The van der Waals surface area contributed by atoms with Gasteiger partial charge in [-0.25, -0.2) is 0 Å². The van der Waals surface area contributed by atoms with Gasteiger partial charge in [-0.2, -0.15) is 0 Å². The van der Waals surface area contributed by atoms with Gasteiger partial charge in [-0.1, -0.05) is 400 Å². The fourth-order valence-corrected chi connectivity index (χ4v) is 21.3. The van der Waals surface area contributed by atoms with Crippen LogP contribution in [-0.2, 0) is 10.8 Å². The lowest BCUT2D eigenvalue weighted by molar-refractivity contribution is 0.669. The van der Waals surface area contributed by atoms with Gasteiger partial charge >= 0.3 is 0 Å². The van der Waals surface area contributed by atoms with Crippen molar-refractivity contribution in [2.45, 2.75) is 10.8 Å². The highest BCUT2D eigenvalue weighted by atomic mass is 32.1. The first-order valence-electron chi connectivity index (χ1n) is 43.3. The number of nitrogens with zero attached hydrogens (tertiary/aromatic N) is 2. The Morgan fingerprint density at radius 1 is 0.175 bits per heavy atom. The Labute approximate surface area is 738 Å². The molecule has 0 spiro atoms. The van der Waals surface area contributed by atoms with Crippen LogP contribution in [0.15, 0.2) is 502 Å². The quantitative estimate of drug-likeness (QED) is 0.0961. The standard InChI is InChI=1S/C61H41NO.C61H41NS/c2*1-5-17-42(18-6-1)44-29-31-45(32-30-44)54-39-46(43-19-7-2-8-20-43)33-37-58(54)62(49-35-38-60-55(40-49)53-26-14-16-28-59(53)63-60)50-34-36-52-51-25-13-15-27-56(51)61(57(52)41-50,47-21-9-3-10-22-47)48-23-11-4-12-24-48/h2*1-41H. The first-order valence-corrected chi connectivity index (χ1v) is 44.1. The van der Waals surface area contributed by atoms with E-state index in [0.717, 1.165) is 83.9 Å². The van der Waals surface area contributed by atoms with E-state index in [2.05, 4.69) is 501 Å². The van der Waals surface area contributed by atoms with Crippen molar-refractivity contribution in [1.29, 1.82) is 0 Å². The lowest BCUT2D eigenvalue weighted by Gasteiger charge is -2.35. The minimum Gasteiger partial charge on any atom is -0.456 e. The van der Waals surface area contributed by atoms with E-state index in [-0.39, 0.29) is 0 Å². The summed E-state index contributed by atoms with van der Waals surface area (Å²) < 4.78 is 8.99. The van der Waals surface area contributed by atoms with Crippen molar-refractivity contribution in [2.75, 3.05) is 9.80 Å². The number of hydrogen-bond acceptors (Lipinski definition) is 4. The predicted molar refractivity (Wildman–Crippen MR) is 530 cm³/mol. The fourth-order valence-electron chi connectivity index (χ4n) is 20.2. The van der Waals surface area contributed by atoms with Crippen LogP contribution in [-0.4, -0.2) is 0 Å². The first kappa shape index (κ1) is 75.0. The highest BCUT2D eigenvalue weighted by Crippen LogP contribution is 2.61. The Balaban J connectivity index is 0.000000145. The molecule has 3 nitrogen and oxygen atoms in total. The van der Waals surface area contributed by atoms with Crippen LogP contribution >= 0.6 is 11.3 Å². The molecule has 0 atom stereocenters. The van der Waals surface area contributed by atoms with Gasteiger partial charge in [0.2, 0.25) is 0 Å². The van der Waals surface area contributed by atoms with Crippen LogP contribution in [0.25, 0.3) is 131 Å². The Hall–Kier alpha value is -16.0. The van der Waals surface area contributed by atoms with E-state index in [4.69, 9.17) is 4.42 Å². The van der Waals surface area contributed by atoms with Crippen LogP contribution in [0.4, 0.5) is 34.1 Å². The molecule has 0 unspecified atom stereocenters. The van der Waals surface area contributed by atoms with Gasteiger partial charge in [0.1, 0.15) is 11.2 Å². The maximum absolute atomic E-state index is 6.41. The van der Waals surface area contributed by atoms with Crippen LogP contribution in [0.1, 0.15) is 44.5 Å². The van der Waals surface area contributed by atoms with Gasteiger partial charge in [-0.15, -0.1) is 11.3 Å². The molecule has 22 aromatic rings. The second kappa shape index (κ2) is 31.8. The molecule has 0 amide bonds. The average molecular weight is 1620 g/mol. The summed E-state index contributed by atoms with van der Waals surface area (Å²) in [6.07, 6.45) is 0. The Kier molecular flexibility index (Phi) is 18.9. The van der Waals surface area contributed by atoms with Crippen molar-refractivity contribution >= 4 is 87.6 Å². The zero-order valence-corrected chi connectivity index (χ0v) is 69.9. The number of fused-ring (bicyclic) bond motifs is 12. The second-order valence-electron chi connectivity index (χ2n) is 32.8. The van der Waals surface area contributed by atoms with Crippen LogP contribution in [0.5, 0.6) is 0 Å². The molecule has 592 valence electrons. The van der Waals surface area contributed by atoms with Crippen molar-refractivity contribution in [3.05, 3.63) is 542 Å². The third-order valence-corrected chi connectivity index (χ3v) is 27.1. The summed E-state index contributed by atoms with van der Waals surface area (Å²) in [6, 6.07) is 182. The Morgan fingerprint density at radius 2 is 0.476 bits per heavy atom. The molecule has 4 heteroatoms. The zero-order chi connectivity index (χ0) is 83.5. The van der Waals surface area contributed by atoms with E-state index in [1.54, 1.807) is 0 Å². The SMILES string of the molecule is c1ccc(-c2ccc(-c3cc(-c4ccccc4)ccc3N(c3ccc4c(c3)C(c3ccccc3)(c3ccccc3)c3ccccc3-4)c3ccc4oc5ccccc5c4c3)cc2)cc1.c1ccc(-c2ccc(-c3cc(-c4ccccc4)ccc3N(c3ccc4c(c3)C(c3ccccc3)(c3ccccc3)c3ccccc3-4)c3ccc4sc5ccccc5c4c3)cc2)cc1. The molecule has 0 fully saturated rings. The van der Waals surface area contributed by atoms with Gasteiger partial charge in [0.05, 0.1) is 22.2 Å². The maximum atomic E-state index is 6.41. The van der Waals surface area contributed by atoms with Gasteiger partial charge in [0.15, 0.2) is 0 Å². The zero-order valence-electron chi connectivity index (χ0n) is 69.1. The number of para-hydroxylation sites is 1. The monoisotopic (exact) mass is 1620 g/mol. The largest absolute Gasteiger partial charge is 0.456 e. The molecule has 0 bridgehead atoms. The third kappa shape index (κ3) is 12.9. The molecule has 0 saturated heterocycles. The smallest absolute Gasteiger partial charge is 0.135 e. The first-order chi connectivity index (χ1) is 62.5. The van der Waals surface area contributed by atoms with E-state index >= 15 is 0 Å². The van der Waals surface area contributed by atoms with Crippen molar-refractivity contribution in [3.8, 4) is 89.0 Å². The number of anilines is 6. The van der Waals surface area contributed by atoms with Gasteiger partial charge < -0.3 is 14.2 Å². The summed E-state index contributed by atoms with van der Waals surface area (Å²) in [5, 5.41) is 4.73. The topological polar surface area (TPSA) is 19.6 Å². The van der Waals surface area contributed by atoms with Gasteiger partial charge in [-0.05, 0) is 219 Å². The van der Waals surface area contributed by atoms with E-state index < -0.39 is 10.8 Å². The van der Waals surface area contributed by atoms with Crippen LogP contribution in [0, 0.1) is 0 Å². The molecule has 0 N–H and O–H groups in total. The molecule has 2 aromatic heterocycles. The molecule has 20 aromatic carbocycles. The normalized spacial score (nSPS) is 12.6. The van der Waals surface area contributed by atoms with Gasteiger partial charge in [-0.3, -0.25) is 0 Å². The molecule has 126 heavy (non-hydrogen) atoms. The minimum atomic E-state index is -0.548. The molecule has 0 aliphatic heterocycles. The summed E-state index contributed by atoms with van der Waals surface area (Å²) in [5.41, 5.74) is 36.4. The highest BCUT2D eigenvalue weighted by Gasteiger charge is 2.48. The predicted octanol–water partition coefficient (Wildman–Crippen LogP) is 33.3. The summed E-state index contributed by atoms with van der Waals surface area (Å²) in [4.78, 5) is 4.96. The van der Waals surface area contributed by atoms with Crippen LogP contribution in [0.2, 0.25) is 0 Å². The molecular weight excluding hydrogens is 1540 g/mol. The summed E-state index contributed by atoms with van der Waals surface area (Å²) >= 11 is 1.86. The summed E-state index contributed by atoms with van der Waals surface area (Å²) in [7, 11) is 0. The van der Waals surface area contributed by atoms with Crippen molar-refractivity contribution < 1.29 is 4.42 Å². The third-order valence-electron chi connectivity index (χ3n) is 25.9. The summed E-state index contributed by atoms with van der Waals surface area (Å²) in [5.74, 6) is 0. The Morgan fingerprint density at radius 3 is 0.921 bits per heavy atom. The number of hydrogen-bond donors (Lipinski definition) is 0. The van der Waals surface area contributed by atoms with Gasteiger partial charge in [0.25, 0.3) is 0 Å². The van der Waals surface area contributed by atoms with E-state index in [1.165, 1.54) is 126 Å². The molecular formula is C122H82N2OS. The molecule has 0 saturated carbocycles. The van der Waals surface area contributed by atoms with E-state index in [0.29, 0.717) is 0 Å². The van der Waals surface area contributed by atoms with Crippen molar-refractivity contribution in [2.24, 2.45) is 0 Å². The minimum absolute atomic E-state index is 0.531. The lowest BCUT2D eigenvalue weighted by atomic mass is 9.67. The van der Waals surface area contributed by atoms with E-state index in [9.17, 15) is 0 Å². The number of furan rings is 1. The Bertz CT molecular complexity index is 7240.